The van der Waals surface area contributed by atoms with Gasteiger partial charge in [0.25, 0.3) is 5.91 Å². The molecule has 0 spiro atoms. The zero-order chi connectivity index (χ0) is 14.8. The summed E-state index contributed by atoms with van der Waals surface area (Å²) < 4.78 is 0. The number of carbonyl (C=O) groups is 2. The van der Waals surface area contributed by atoms with Gasteiger partial charge in [-0.1, -0.05) is 36.4 Å². The Morgan fingerprint density at radius 3 is 2.76 bits per heavy atom. The minimum Gasteiger partial charge on any atom is -0.373 e. The molecule has 0 radical (unpaired) electrons. The van der Waals surface area contributed by atoms with E-state index in [0.29, 0.717) is 13.1 Å². The minimum absolute atomic E-state index is 0.210. The van der Waals surface area contributed by atoms with E-state index in [1.807, 2.05) is 42.5 Å². The van der Waals surface area contributed by atoms with E-state index < -0.39 is 6.04 Å². The number of nitrogens with zero attached hydrogens (tertiary/aromatic N) is 1. The van der Waals surface area contributed by atoms with Crippen molar-refractivity contribution in [2.45, 2.75) is 13.0 Å². The average molecular weight is 283 g/mol. The van der Waals surface area contributed by atoms with Crippen LogP contribution in [0.4, 0.5) is 10.5 Å². The number of amides is 3. The van der Waals surface area contributed by atoms with Gasteiger partial charge in [-0.3, -0.25) is 9.69 Å². The molecule has 0 unspecified atom stereocenters. The van der Waals surface area contributed by atoms with Crippen LogP contribution in [-0.2, 0) is 4.79 Å². The molecule has 2 aromatic carbocycles. The number of benzene rings is 2. The number of nitrogens with one attached hydrogen (secondary N) is 2. The number of urea groups is 1. The Labute approximate surface area is 122 Å². The van der Waals surface area contributed by atoms with E-state index >= 15 is 0 Å². The van der Waals surface area contributed by atoms with E-state index in [4.69, 9.17) is 0 Å². The van der Waals surface area contributed by atoms with Crippen molar-refractivity contribution in [2.24, 2.45) is 0 Å². The second kappa shape index (κ2) is 5.44. The molecule has 21 heavy (non-hydrogen) atoms. The van der Waals surface area contributed by atoms with Crippen LogP contribution in [0.5, 0.6) is 0 Å². The lowest BCUT2D eigenvalue weighted by Crippen LogP contribution is -2.43. The Morgan fingerprint density at radius 2 is 2.00 bits per heavy atom. The first kappa shape index (κ1) is 13.4. The molecule has 2 aromatic rings. The Kier molecular flexibility index (Phi) is 3.48. The molecule has 1 aliphatic rings. The topological polar surface area (TPSA) is 61.4 Å². The van der Waals surface area contributed by atoms with Crippen molar-refractivity contribution in [3.63, 3.8) is 0 Å². The molecule has 2 N–H and O–H groups in total. The summed E-state index contributed by atoms with van der Waals surface area (Å²) in [6, 6.07) is 13.1. The largest absolute Gasteiger partial charge is 0.373 e. The zero-order valence-corrected chi connectivity index (χ0v) is 11.8. The fraction of sp³-hybridized carbons (Fsp3) is 0.250. The van der Waals surface area contributed by atoms with Gasteiger partial charge >= 0.3 is 6.03 Å². The van der Waals surface area contributed by atoms with Crippen molar-refractivity contribution in [1.29, 1.82) is 0 Å². The standard InChI is InChI=1S/C16H17N3O2/c1-11(15(20)19-10-9-17-16(19)21)18-14-8-4-6-12-5-2-3-7-13(12)14/h2-8,11,18H,9-10H2,1H3,(H,17,21)/t11-/m1/s1. The molecule has 0 aromatic heterocycles. The maximum Gasteiger partial charge on any atom is 0.324 e. The highest BCUT2D eigenvalue weighted by molar-refractivity contribution is 6.01. The van der Waals surface area contributed by atoms with E-state index in [2.05, 4.69) is 10.6 Å². The molecule has 1 atom stereocenters. The maximum absolute atomic E-state index is 12.3. The Bertz CT molecular complexity index is 693. The van der Waals surface area contributed by atoms with E-state index in [9.17, 15) is 9.59 Å². The van der Waals surface area contributed by atoms with E-state index in [1.54, 1.807) is 6.92 Å². The molecule has 1 saturated heterocycles. The Morgan fingerprint density at radius 1 is 1.24 bits per heavy atom. The lowest BCUT2D eigenvalue weighted by atomic mass is 10.1. The fourth-order valence-corrected chi connectivity index (χ4v) is 2.56. The van der Waals surface area contributed by atoms with Gasteiger partial charge in [-0.05, 0) is 18.4 Å². The van der Waals surface area contributed by atoms with Gasteiger partial charge in [-0.25, -0.2) is 4.79 Å². The number of hydrogen-bond donors (Lipinski definition) is 2. The monoisotopic (exact) mass is 283 g/mol. The molecule has 0 bridgehead atoms. The van der Waals surface area contributed by atoms with Gasteiger partial charge in [-0.15, -0.1) is 0 Å². The predicted octanol–water partition coefficient (Wildman–Crippen LogP) is 2.19. The van der Waals surface area contributed by atoms with Crippen LogP contribution < -0.4 is 10.6 Å². The van der Waals surface area contributed by atoms with Crippen molar-refractivity contribution in [1.82, 2.24) is 10.2 Å². The van der Waals surface area contributed by atoms with Gasteiger partial charge in [0.2, 0.25) is 0 Å². The summed E-state index contributed by atoms with van der Waals surface area (Å²) >= 11 is 0. The van der Waals surface area contributed by atoms with Crippen LogP contribution >= 0.6 is 0 Å². The van der Waals surface area contributed by atoms with Crippen LogP contribution in [0.15, 0.2) is 42.5 Å². The summed E-state index contributed by atoms with van der Waals surface area (Å²) in [5.74, 6) is -0.210. The number of hydrogen-bond acceptors (Lipinski definition) is 3. The van der Waals surface area contributed by atoms with Crippen LogP contribution in [0.2, 0.25) is 0 Å². The maximum atomic E-state index is 12.3. The first-order valence-corrected chi connectivity index (χ1v) is 7.00. The molecule has 5 heteroatoms. The highest BCUT2D eigenvalue weighted by Gasteiger charge is 2.29. The molecule has 1 fully saturated rings. The molecule has 3 amide bonds. The summed E-state index contributed by atoms with van der Waals surface area (Å²) in [7, 11) is 0. The quantitative estimate of drug-likeness (QED) is 0.907. The SMILES string of the molecule is C[C@@H](Nc1cccc2ccccc12)C(=O)N1CCNC1=O. The van der Waals surface area contributed by atoms with Gasteiger partial charge in [0, 0.05) is 24.2 Å². The smallest absolute Gasteiger partial charge is 0.324 e. The van der Waals surface area contributed by atoms with Crippen LogP contribution in [0.1, 0.15) is 6.92 Å². The zero-order valence-electron chi connectivity index (χ0n) is 11.8. The van der Waals surface area contributed by atoms with Gasteiger partial charge in [0.05, 0.1) is 0 Å². The third kappa shape index (κ3) is 2.54. The van der Waals surface area contributed by atoms with Crippen molar-refractivity contribution in [2.75, 3.05) is 18.4 Å². The van der Waals surface area contributed by atoms with Crippen LogP contribution in [0, 0.1) is 0 Å². The Hall–Kier alpha value is -2.56. The summed E-state index contributed by atoms with van der Waals surface area (Å²) in [6.07, 6.45) is 0. The Balaban J connectivity index is 1.81. The van der Waals surface area contributed by atoms with E-state index in [-0.39, 0.29) is 11.9 Å². The highest BCUT2D eigenvalue weighted by atomic mass is 16.2. The fourth-order valence-electron chi connectivity index (χ4n) is 2.56. The van der Waals surface area contributed by atoms with Crippen molar-refractivity contribution in [3.05, 3.63) is 42.5 Å². The first-order valence-electron chi connectivity index (χ1n) is 7.00. The number of fused-ring (bicyclic) bond motifs is 1. The molecule has 1 aliphatic heterocycles. The van der Waals surface area contributed by atoms with Crippen LogP contribution in [-0.4, -0.2) is 36.0 Å². The summed E-state index contributed by atoms with van der Waals surface area (Å²) in [6.45, 7) is 2.72. The molecule has 108 valence electrons. The van der Waals surface area contributed by atoms with E-state index in [0.717, 1.165) is 16.5 Å². The predicted molar refractivity (Wildman–Crippen MR) is 82.1 cm³/mol. The number of rotatable bonds is 3. The average Bonchev–Trinajstić information content (AvgIpc) is 2.93. The number of imide groups is 1. The highest BCUT2D eigenvalue weighted by Crippen LogP contribution is 2.23. The van der Waals surface area contributed by atoms with Crippen LogP contribution in [0.3, 0.4) is 0 Å². The lowest BCUT2D eigenvalue weighted by Gasteiger charge is -2.20. The van der Waals surface area contributed by atoms with Crippen molar-refractivity contribution >= 4 is 28.4 Å². The lowest BCUT2D eigenvalue weighted by molar-refractivity contribution is -0.128. The minimum atomic E-state index is -0.459. The first-order chi connectivity index (χ1) is 10.2. The van der Waals surface area contributed by atoms with Crippen molar-refractivity contribution in [3.8, 4) is 0 Å². The summed E-state index contributed by atoms with van der Waals surface area (Å²) in [5, 5.41) is 8.02. The normalized spacial score (nSPS) is 15.9. The molecule has 5 nitrogen and oxygen atoms in total. The van der Waals surface area contributed by atoms with E-state index in [1.165, 1.54) is 4.90 Å². The second-order valence-corrected chi connectivity index (χ2v) is 5.11. The third-order valence-corrected chi connectivity index (χ3v) is 3.65. The summed E-state index contributed by atoms with van der Waals surface area (Å²) in [4.78, 5) is 25.1. The third-order valence-electron chi connectivity index (χ3n) is 3.65. The van der Waals surface area contributed by atoms with Gasteiger partial charge < -0.3 is 10.6 Å². The number of anilines is 1. The van der Waals surface area contributed by atoms with Gasteiger partial charge in [0.1, 0.15) is 6.04 Å². The van der Waals surface area contributed by atoms with Gasteiger partial charge in [-0.2, -0.15) is 0 Å². The molecule has 0 aliphatic carbocycles. The molecular weight excluding hydrogens is 266 g/mol. The van der Waals surface area contributed by atoms with Gasteiger partial charge in [0.15, 0.2) is 0 Å². The number of carbonyl (C=O) groups excluding carboxylic acids is 2. The molecule has 1 heterocycles. The molecule has 3 rings (SSSR count). The van der Waals surface area contributed by atoms with Crippen molar-refractivity contribution < 1.29 is 9.59 Å². The molecule has 0 saturated carbocycles. The summed E-state index contributed by atoms with van der Waals surface area (Å²) in [5.41, 5.74) is 0.897. The molecular formula is C16H17N3O2. The second-order valence-electron chi connectivity index (χ2n) is 5.11. The van der Waals surface area contributed by atoms with Crippen LogP contribution in [0.25, 0.3) is 10.8 Å².